The van der Waals surface area contributed by atoms with Crippen molar-refractivity contribution in [2.75, 3.05) is 12.3 Å². The molecule has 1 saturated heterocycles. The lowest BCUT2D eigenvalue weighted by Gasteiger charge is -2.27. The van der Waals surface area contributed by atoms with Crippen molar-refractivity contribution in [2.45, 2.75) is 32.7 Å². The van der Waals surface area contributed by atoms with Crippen LogP contribution in [-0.2, 0) is 0 Å². The number of carbonyl (C=O) groups excluding carboxylic acids is 1. The van der Waals surface area contributed by atoms with Crippen LogP contribution in [0.5, 0.6) is 0 Å². The summed E-state index contributed by atoms with van der Waals surface area (Å²) in [5, 5.41) is 0. The number of hydrogen-bond acceptors (Lipinski definition) is 3. The molecule has 1 aliphatic heterocycles. The molecular weight excluding hydrogens is 214 g/mol. The molecule has 1 unspecified atom stereocenters. The molecule has 2 rings (SSSR count). The van der Waals surface area contributed by atoms with E-state index < -0.39 is 0 Å². The van der Waals surface area contributed by atoms with Gasteiger partial charge in [0.25, 0.3) is 5.91 Å². The molecule has 0 radical (unpaired) electrons. The molecule has 17 heavy (non-hydrogen) atoms. The van der Waals surface area contributed by atoms with Crippen LogP contribution in [0.1, 0.15) is 37.0 Å². The van der Waals surface area contributed by atoms with Gasteiger partial charge in [0.1, 0.15) is 5.82 Å². The third kappa shape index (κ3) is 2.25. The summed E-state index contributed by atoms with van der Waals surface area (Å²) in [6, 6.07) is 3.84. The van der Waals surface area contributed by atoms with Crippen LogP contribution in [0.25, 0.3) is 0 Å². The van der Waals surface area contributed by atoms with E-state index in [9.17, 15) is 4.79 Å². The number of rotatable bonds is 2. The SMILES string of the molecule is CC(C)C1CCCN1C(=O)c1cccnc1N. The Morgan fingerprint density at radius 2 is 2.35 bits per heavy atom. The van der Waals surface area contributed by atoms with Crippen molar-refractivity contribution >= 4 is 11.7 Å². The van der Waals surface area contributed by atoms with Crippen LogP contribution in [0.3, 0.4) is 0 Å². The van der Waals surface area contributed by atoms with Gasteiger partial charge >= 0.3 is 0 Å². The zero-order valence-electron chi connectivity index (χ0n) is 10.4. The molecule has 0 aliphatic carbocycles. The van der Waals surface area contributed by atoms with Crippen molar-refractivity contribution in [3.63, 3.8) is 0 Å². The van der Waals surface area contributed by atoms with E-state index in [-0.39, 0.29) is 5.91 Å². The molecule has 1 aromatic heterocycles. The fourth-order valence-electron chi connectivity index (χ4n) is 2.49. The predicted molar refractivity (Wildman–Crippen MR) is 67.5 cm³/mol. The van der Waals surface area contributed by atoms with Crippen LogP contribution in [0.4, 0.5) is 5.82 Å². The number of nitrogens with two attached hydrogens (primary N) is 1. The van der Waals surface area contributed by atoms with E-state index in [1.165, 1.54) is 0 Å². The van der Waals surface area contributed by atoms with Crippen molar-refractivity contribution in [3.8, 4) is 0 Å². The molecule has 1 amide bonds. The summed E-state index contributed by atoms with van der Waals surface area (Å²) >= 11 is 0. The number of nitrogen functional groups attached to an aromatic ring is 1. The normalized spacial score (nSPS) is 19.9. The van der Waals surface area contributed by atoms with Gasteiger partial charge in [-0.05, 0) is 30.9 Å². The van der Waals surface area contributed by atoms with E-state index in [4.69, 9.17) is 5.73 Å². The molecule has 4 heteroatoms. The largest absolute Gasteiger partial charge is 0.383 e. The fraction of sp³-hybridized carbons (Fsp3) is 0.538. The Hall–Kier alpha value is -1.58. The molecule has 2 heterocycles. The van der Waals surface area contributed by atoms with Gasteiger partial charge < -0.3 is 10.6 Å². The highest BCUT2D eigenvalue weighted by atomic mass is 16.2. The van der Waals surface area contributed by atoms with E-state index >= 15 is 0 Å². The lowest BCUT2D eigenvalue weighted by molar-refractivity contribution is 0.0702. The standard InChI is InChI=1S/C13H19N3O/c1-9(2)11-6-4-8-16(11)13(17)10-5-3-7-15-12(10)14/h3,5,7,9,11H,4,6,8H2,1-2H3,(H2,14,15). The number of nitrogens with zero attached hydrogens (tertiary/aromatic N) is 2. The van der Waals surface area contributed by atoms with Crippen LogP contribution in [0, 0.1) is 5.92 Å². The summed E-state index contributed by atoms with van der Waals surface area (Å²) in [5.41, 5.74) is 6.28. The molecule has 4 nitrogen and oxygen atoms in total. The van der Waals surface area contributed by atoms with Gasteiger partial charge in [-0.25, -0.2) is 4.98 Å². The van der Waals surface area contributed by atoms with E-state index in [1.807, 2.05) is 4.90 Å². The number of anilines is 1. The zero-order chi connectivity index (χ0) is 12.4. The molecule has 1 fully saturated rings. The predicted octanol–water partition coefficient (Wildman–Crippen LogP) is 1.92. The maximum absolute atomic E-state index is 12.4. The average Bonchev–Trinajstić information content (AvgIpc) is 2.77. The number of amides is 1. The lowest BCUT2D eigenvalue weighted by atomic mass is 10.0. The topological polar surface area (TPSA) is 59.2 Å². The van der Waals surface area contributed by atoms with E-state index in [0.29, 0.717) is 23.3 Å². The number of aromatic nitrogens is 1. The second kappa shape index (κ2) is 4.73. The Bertz CT molecular complexity index is 417. The number of pyridine rings is 1. The molecule has 0 bridgehead atoms. The minimum Gasteiger partial charge on any atom is -0.383 e. The molecule has 1 aromatic rings. The first-order valence-corrected chi connectivity index (χ1v) is 6.12. The highest BCUT2D eigenvalue weighted by Gasteiger charge is 2.32. The second-order valence-electron chi connectivity index (χ2n) is 4.89. The summed E-state index contributed by atoms with van der Waals surface area (Å²) in [5.74, 6) is 0.832. The molecule has 0 spiro atoms. The third-order valence-electron chi connectivity index (χ3n) is 3.40. The number of carbonyl (C=O) groups is 1. The molecule has 2 N–H and O–H groups in total. The first kappa shape index (κ1) is 11.9. The van der Waals surface area contributed by atoms with Gasteiger partial charge in [0, 0.05) is 18.8 Å². The van der Waals surface area contributed by atoms with Crippen LogP contribution < -0.4 is 5.73 Å². The van der Waals surface area contributed by atoms with Gasteiger partial charge in [0.05, 0.1) is 5.56 Å². The van der Waals surface area contributed by atoms with Crippen molar-refractivity contribution in [2.24, 2.45) is 5.92 Å². The zero-order valence-corrected chi connectivity index (χ0v) is 10.4. The Kier molecular flexibility index (Phi) is 3.31. The summed E-state index contributed by atoms with van der Waals surface area (Å²) in [7, 11) is 0. The monoisotopic (exact) mass is 233 g/mol. The maximum atomic E-state index is 12.4. The van der Waals surface area contributed by atoms with Crippen LogP contribution in [0.15, 0.2) is 18.3 Å². The van der Waals surface area contributed by atoms with Gasteiger partial charge in [-0.3, -0.25) is 4.79 Å². The molecule has 1 aliphatic rings. The Balaban J connectivity index is 2.23. The fourth-order valence-corrected chi connectivity index (χ4v) is 2.49. The maximum Gasteiger partial charge on any atom is 0.257 e. The third-order valence-corrected chi connectivity index (χ3v) is 3.40. The van der Waals surface area contributed by atoms with E-state index in [2.05, 4.69) is 18.8 Å². The van der Waals surface area contributed by atoms with Crippen LogP contribution in [0.2, 0.25) is 0 Å². The van der Waals surface area contributed by atoms with Gasteiger partial charge in [0.2, 0.25) is 0 Å². The first-order chi connectivity index (χ1) is 8.11. The number of likely N-dealkylation sites (tertiary alicyclic amines) is 1. The Morgan fingerprint density at radius 3 is 3.00 bits per heavy atom. The van der Waals surface area contributed by atoms with Crippen molar-refractivity contribution in [3.05, 3.63) is 23.9 Å². The second-order valence-corrected chi connectivity index (χ2v) is 4.89. The minimum absolute atomic E-state index is 0.0202. The van der Waals surface area contributed by atoms with Gasteiger partial charge in [-0.15, -0.1) is 0 Å². The summed E-state index contributed by atoms with van der Waals surface area (Å²) < 4.78 is 0. The van der Waals surface area contributed by atoms with Crippen molar-refractivity contribution < 1.29 is 4.79 Å². The highest BCUT2D eigenvalue weighted by Crippen LogP contribution is 2.26. The molecule has 1 atom stereocenters. The summed E-state index contributed by atoms with van der Waals surface area (Å²) in [6.45, 7) is 5.14. The average molecular weight is 233 g/mol. The summed E-state index contributed by atoms with van der Waals surface area (Å²) in [6.07, 6.45) is 3.77. The Morgan fingerprint density at radius 1 is 1.59 bits per heavy atom. The summed E-state index contributed by atoms with van der Waals surface area (Å²) in [4.78, 5) is 18.3. The smallest absolute Gasteiger partial charge is 0.257 e. The molecule has 0 aromatic carbocycles. The van der Waals surface area contributed by atoms with Crippen molar-refractivity contribution in [1.82, 2.24) is 9.88 Å². The van der Waals surface area contributed by atoms with Crippen LogP contribution >= 0.6 is 0 Å². The number of hydrogen-bond donors (Lipinski definition) is 1. The van der Waals surface area contributed by atoms with Gasteiger partial charge in [0.15, 0.2) is 0 Å². The highest BCUT2D eigenvalue weighted by molar-refractivity contribution is 5.98. The molecule has 92 valence electrons. The minimum atomic E-state index is 0.0202. The quantitative estimate of drug-likeness (QED) is 0.849. The molecule has 0 saturated carbocycles. The van der Waals surface area contributed by atoms with Crippen LogP contribution in [-0.4, -0.2) is 28.4 Å². The van der Waals surface area contributed by atoms with Gasteiger partial charge in [-0.1, -0.05) is 13.8 Å². The van der Waals surface area contributed by atoms with Gasteiger partial charge in [-0.2, -0.15) is 0 Å². The molecular formula is C13H19N3O. The first-order valence-electron chi connectivity index (χ1n) is 6.12. The van der Waals surface area contributed by atoms with E-state index in [1.54, 1.807) is 18.3 Å². The Labute approximate surface area is 102 Å². The lowest BCUT2D eigenvalue weighted by Crippen LogP contribution is -2.38. The van der Waals surface area contributed by atoms with E-state index in [0.717, 1.165) is 19.4 Å². The van der Waals surface area contributed by atoms with Crippen molar-refractivity contribution in [1.29, 1.82) is 0 Å².